The molecular weight excluding hydrogens is 248 g/mol. The van der Waals surface area contributed by atoms with Gasteiger partial charge in [0, 0.05) is 6.04 Å². The molecule has 0 heterocycles. The number of carbonyl (C=O) groups excluding carboxylic acids is 1. The fourth-order valence-electron chi connectivity index (χ4n) is 5.47. The fraction of sp³-hybridized carbons (Fsp3) is 0.941. The van der Waals surface area contributed by atoms with E-state index in [0.29, 0.717) is 5.41 Å². The summed E-state index contributed by atoms with van der Waals surface area (Å²) >= 11 is 0. The van der Waals surface area contributed by atoms with Crippen LogP contribution in [0.3, 0.4) is 0 Å². The van der Waals surface area contributed by atoms with Crippen LogP contribution in [0.1, 0.15) is 59.3 Å². The van der Waals surface area contributed by atoms with E-state index in [-0.39, 0.29) is 23.9 Å². The van der Waals surface area contributed by atoms with Gasteiger partial charge in [-0.05, 0) is 74.5 Å². The molecule has 4 rings (SSSR count). The summed E-state index contributed by atoms with van der Waals surface area (Å²) in [5.41, 5.74) is 6.36. The van der Waals surface area contributed by atoms with Crippen molar-refractivity contribution in [1.29, 1.82) is 0 Å². The van der Waals surface area contributed by atoms with E-state index < -0.39 is 0 Å². The Balaban J connectivity index is 1.68. The van der Waals surface area contributed by atoms with Crippen LogP contribution in [0.25, 0.3) is 0 Å². The molecule has 1 unspecified atom stereocenters. The van der Waals surface area contributed by atoms with Crippen molar-refractivity contribution in [3.05, 3.63) is 0 Å². The molecule has 4 aliphatic rings. The summed E-state index contributed by atoms with van der Waals surface area (Å²) in [5.74, 6) is 3.04. The summed E-state index contributed by atoms with van der Waals surface area (Å²) in [6.07, 6.45) is 8.34. The van der Waals surface area contributed by atoms with E-state index in [0.717, 1.165) is 17.8 Å². The fourth-order valence-corrected chi connectivity index (χ4v) is 5.47. The van der Waals surface area contributed by atoms with Crippen LogP contribution in [0.15, 0.2) is 0 Å². The van der Waals surface area contributed by atoms with Crippen LogP contribution in [-0.4, -0.2) is 18.0 Å². The van der Waals surface area contributed by atoms with E-state index in [1.165, 1.54) is 38.5 Å². The van der Waals surface area contributed by atoms with Crippen molar-refractivity contribution in [2.45, 2.75) is 71.4 Å². The maximum atomic E-state index is 12.3. The van der Waals surface area contributed by atoms with Crippen LogP contribution >= 0.6 is 0 Å². The lowest BCUT2D eigenvalue weighted by molar-refractivity contribution is -0.128. The van der Waals surface area contributed by atoms with Gasteiger partial charge in [-0.25, -0.2) is 0 Å². The number of rotatable bonds is 4. The highest BCUT2D eigenvalue weighted by Crippen LogP contribution is 2.61. The average molecular weight is 278 g/mol. The second-order valence-corrected chi connectivity index (χ2v) is 8.28. The summed E-state index contributed by atoms with van der Waals surface area (Å²) in [4.78, 5) is 12.3. The van der Waals surface area contributed by atoms with Crippen molar-refractivity contribution < 1.29 is 4.79 Å². The Labute approximate surface area is 123 Å². The third-order valence-corrected chi connectivity index (χ3v) is 6.38. The van der Waals surface area contributed by atoms with Gasteiger partial charge in [0.15, 0.2) is 0 Å². The summed E-state index contributed by atoms with van der Waals surface area (Å²) in [6, 6.07) is -0.0837. The van der Waals surface area contributed by atoms with Crippen LogP contribution in [0.4, 0.5) is 0 Å². The second kappa shape index (κ2) is 5.01. The van der Waals surface area contributed by atoms with Gasteiger partial charge in [0.1, 0.15) is 0 Å². The molecule has 0 aliphatic heterocycles. The summed E-state index contributed by atoms with van der Waals surface area (Å²) in [6.45, 7) is 6.25. The molecule has 0 aromatic heterocycles. The zero-order valence-corrected chi connectivity index (χ0v) is 13.2. The molecular formula is C17H30N2O. The minimum absolute atomic E-state index is 0.0447. The van der Waals surface area contributed by atoms with Crippen LogP contribution in [0, 0.1) is 29.1 Å². The van der Waals surface area contributed by atoms with Crippen molar-refractivity contribution >= 4 is 5.91 Å². The maximum absolute atomic E-state index is 12.3. The highest BCUT2D eigenvalue weighted by Gasteiger charge is 2.53. The van der Waals surface area contributed by atoms with Gasteiger partial charge in [0.05, 0.1) is 6.04 Å². The molecule has 2 atom stereocenters. The highest BCUT2D eigenvalue weighted by molar-refractivity contribution is 5.82. The third kappa shape index (κ3) is 2.38. The number of carbonyl (C=O) groups is 1. The Morgan fingerprint density at radius 2 is 1.50 bits per heavy atom. The first kappa shape index (κ1) is 14.4. The van der Waals surface area contributed by atoms with Gasteiger partial charge in [-0.15, -0.1) is 0 Å². The SMILES string of the molecule is CC(C)[C@@H](N)C(=O)NC(C)C12CC3CC(CC(C3)C1)C2. The highest BCUT2D eigenvalue weighted by atomic mass is 16.2. The molecule has 0 saturated heterocycles. The molecule has 4 fully saturated rings. The van der Waals surface area contributed by atoms with Gasteiger partial charge in [-0.2, -0.15) is 0 Å². The topological polar surface area (TPSA) is 55.1 Å². The van der Waals surface area contributed by atoms with Crippen LogP contribution in [0.2, 0.25) is 0 Å². The lowest BCUT2D eigenvalue weighted by atomic mass is 9.48. The van der Waals surface area contributed by atoms with Gasteiger partial charge in [-0.1, -0.05) is 13.8 Å². The van der Waals surface area contributed by atoms with E-state index in [1.807, 2.05) is 13.8 Å². The number of amides is 1. The van der Waals surface area contributed by atoms with Crippen molar-refractivity contribution in [3.8, 4) is 0 Å². The smallest absolute Gasteiger partial charge is 0.237 e. The largest absolute Gasteiger partial charge is 0.352 e. The van der Waals surface area contributed by atoms with Crippen molar-refractivity contribution in [1.82, 2.24) is 5.32 Å². The minimum atomic E-state index is -0.369. The van der Waals surface area contributed by atoms with E-state index in [9.17, 15) is 4.79 Å². The van der Waals surface area contributed by atoms with Gasteiger partial charge in [-0.3, -0.25) is 4.79 Å². The quantitative estimate of drug-likeness (QED) is 0.830. The average Bonchev–Trinajstić information content (AvgIpc) is 2.35. The predicted octanol–water partition coefficient (Wildman–Crippen LogP) is 2.69. The molecule has 1 amide bonds. The van der Waals surface area contributed by atoms with Crippen LogP contribution in [0.5, 0.6) is 0 Å². The zero-order chi connectivity index (χ0) is 14.5. The van der Waals surface area contributed by atoms with Crippen molar-refractivity contribution in [2.75, 3.05) is 0 Å². The molecule has 4 bridgehead atoms. The molecule has 3 nitrogen and oxygen atoms in total. The van der Waals surface area contributed by atoms with Crippen LogP contribution < -0.4 is 11.1 Å². The first-order valence-electron chi connectivity index (χ1n) is 8.45. The molecule has 4 saturated carbocycles. The number of nitrogens with two attached hydrogens (primary N) is 1. The molecule has 3 N–H and O–H groups in total. The van der Waals surface area contributed by atoms with Gasteiger partial charge in [0.25, 0.3) is 0 Å². The summed E-state index contributed by atoms with van der Waals surface area (Å²) in [7, 11) is 0. The lowest BCUT2D eigenvalue weighted by Gasteiger charge is -2.59. The number of hydrogen-bond donors (Lipinski definition) is 2. The molecule has 0 spiro atoms. The molecule has 4 aliphatic carbocycles. The summed E-state index contributed by atoms with van der Waals surface area (Å²) in [5, 5.41) is 3.25. The van der Waals surface area contributed by atoms with Gasteiger partial charge < -0.3 is 11.1 Å². The first-order chi connectivity index (χ1) is 9.39. The molecule has 20 heavy (non-hydrogen) atoms. The van der Waals surface area contributed by atoms with E-state index in [2.05, 4.69) is 12.2 Å². The first-order valence-corrected chi connectivity index (χ1v) is 8.45. The molecule has 0 aromatic rings. The third-order valence-electron chi connectivity index (χ3n) is 6.38. The maximum Gasteiger partial charge on any atom is 0.237 e. The minimum Gasteiger partial charge on any atom is -0.352 e. The van der Waals surface area contributed by atoms with Crippen molar-refractivity contribution in [2.24, 2.45) is 34.8 Å². The monoisotopic (exact) mass is 278 g/mol. The Bertz CT molecular complexity index is 355. The molecule has 0 radical (unpaired) electrons. The Morgan fingerprint density at radius 3 is 1.90 bits per heavy atom. The van der Waals surface area contributed by atoms with Crippen LogP contribution in [-0.2, 0) is 4.79 Å². The Morgan fingerprint density at radius 1 is 1.05 bits per heavy atom. The zero-order valence-electron chi connectivity index (χ0n) is 13.2. The van der Waals surface area contributed by atoms with E-state index in [4.69, 9.17) is 5.73 Å². The Hall–Kier alpha value is -0.570. The normalized spacial score (nSPS) is 41.8. The van der Waals surface area contributed by atoms with Crippen molar-refractivity contribution in [3.63, 3.8) is 0 Å². The molecule has 3 heteroatoms. The Kier molecular flexibility index (Phi) is 3.60. The predicted molar refractivity (Wildman–Crippen MR) is 81.0 cm³/mol. The van der Waals surface area contributed by atoms with Gasteiger partial charge >= 0.3 is 0 Å². The molecule has 114 valence electrons. The number of hydrogen-bond acceptors (Lipinski definition) is 2. The second-order valence-electron chi connectivity index (χ2n) is 8.28. The van der Waals surface area contributed by atoms with Gasteiger partial charge in [0.2, 0.25) is 5.91 Å². The molecule has 0 aromatic carbocycles. The van der Waals surface area contributed by atoms with E-state index >= 15 is 0 Å². The standard InChI is InChI=1S/C17H30N2O/c1-10(2)15(18)16(20)19-11(3)17-7-12-4-13(8-17)6-14(5-12)9-17/h10-15H,4-9,18H2,1-3H3,(H,19,20)/t11?,12?,13?,14?,15-,17?/m1/s1. The lowest BCUT2D eigenvalue weighted by Crippen LogP contribution is -2.58. The van der Waals surface area contributed by atoms with E-state index in [1.54, 1.807) is 0 Å². The number of nitrogens with one attached hydrogen (secondary N) is 1. The summed E-state index contributed by atoms with van der Waals surface area (Å²) < 4.78 is 0.